The lowest BCUT2D eigenvalue weighted by Crippen LogP contribution is -2.31. The largest absolute Gasteiger partial charge is 0.436 e. The lowest BCUT2D eigenvalue weighted by Gasteiger charge is -2.25. The molecule has 0 aliphatic carbocycles. The van der Waals surface area contributed by atoms with Crippen LogP contribution in [0.4, 0.5) is 11.4 Å². The number of nitrogens with zero attached hydrogens (tertiary/aromatic N) is 4. The number of furan rings is 1. The van der Waals surface area contributed by atoms with Crippen molar-refractivity contribution in [3.05, 3.63) is 54.2 Å². The highest BCUT2D eigenvalue weighted by molar-refractivity contribution is 6.16. The number of anilines is 2. The third-order valence-electron chi connectivity index (χ3n) is 6.02. The first-order chi connectivity index (χ1) is 14.6. The number of hydrogen-bond donors (Lipinski definition) is 1. The fraction of sp³-hybridized carbons (Fsp3) is 0.250. The van der Waals surface area contributed by atoms with Crippen molar-refractivity contribution in [3.63, 3.8) is 0 Å². The summed E-state index contributed by atoms with van der Waals surface area (Å²) in [6.45, 7) is 1.85. The van der Waals surface area contributed by atoms with E-state index in [1.165, 1.54) is 0 Å². The van der Waals surface area contributed by atoms with E-state index in [9.17, 15) is 5.26 Å². The zero-order valence-electron chi connectivity index (χ0n) is 17.1. The molecule has 2 N–H and O–H groups in total. The second-order valence-electron chi connectivity index (χ2n) is 8.07. The van der Waals surface area contributed by atoms with Gasteiger partial charge in [-0.3, -0.25) is 0 Å². The maximum atomic E-state index is 9.88. The number of pyridine rings is 1. The third kappa shape index (κ3) is 2.87. The van der Waals surface area contributed by atoms with Crippen LogP contribution >= 0.6 is 0 Å². The Kier molecular flexibility index (Phi) is 4.34. The number of benzene rings is 2. The molecule has 0 spiro atoms. The number of hydrogen-bond acceptors (Lipinski definition) is 6. The van der Waals surface area contributed by atoms with Crippen LogP contribution in [-0.4, -0.2) is 43.1 Å². The second kappa shape index (κ2) is 7.05. The van der Waals surface area contributed by atoms with E-state index >= 15 is 0 Å². The van der Waals surface area contributed by atoms with Gasteiger partial charge >= 0.3 is 0 Å². The van der Waals surface area contributed by atoms with E-state index in [-0.39, 0.29) is 0 Å². The van der Waals surface area contributed by atoms with E-state index in [2.05, 4.69) is 34.9 Å². The molecule has 0 amide bonds. The van der Waals surface area contributed by atoms with Crippen LogP contribution in [0.25, 0.3) is 33.2 Å². The van der Waals surface area contributed by atoms with E-state index in [1.54, 1.807) is 6.20 Å². The number of likely N-dealkylation sites (N-methyl/N-ethyl adjacent to an activating group) is 1. The molecule has 30 heavy (non-hydrogen) atoms. The molecule has 0 unspecified atom stereocenters. The van der Waals surface area contributed by atoms with Gasteiger partial charge in [0, 0.05) is 36.6 Å². The summed E-state index contributed by atoms with van der Waals surface area (Å²) in [6.07, 6.45) is 2.80. The highest BCUT2D eigenvalue weighted by atomic mass is 16.3. The highest BCUT2D eigenvalue weighted by Gasteiger charge is 2.30. The summed E-state index contributed by atoms with van der Waals surface area (Å²) in [7, 11) is 4.25. The molecule has 0 saturated carbocycles. The fourth-order valence-corrected chi connectivity index (χ4v) is 4.47. The molecule has 0 radical (unpaired) electrons. The summed E-state index contributed by atoms with van der Waals surface area (Å²) in [5.41, 5.74) is 11.5. The number of rotatable bonds is 3. The van der Waals surface area contributed by atoms with Crippen LogP contribution in [0, 0.1) is 11.3 Å². The molecule has 1 aliphatic rings. The van der Waals surface area contributed by atoms with Crippen LogP contribution in [0.2, 0.25) is 0 Å². The number of nitrogen functional groups attached to an aromatic ring is 1. The van der Waals surface area contributed by atoms with Crippen molar-refractivity contribution in [2.75, 3.05) is 37.8 Å². The van der Waals surface area contributed by atoms with Gasteiger partial charge in [-0.05, 0) is 56.4 Å². The SMILES string of the molecule is CN(C)[C@H]1CCN(c2c(-c3cccc(N)c3)cc(C#N)c3oc4ncccc4c23)C1. The number of nitriles is 1. The quantitative estimate of drug-likeness (QED) is 0.521. The zero-order valence-corrected chi connectivity index (χ0v) is 17.1. The summed E-state index contributed by atoms with van der Waals surface area (Å²) < 4.78 is 6.07. The maximum Gasteiger partial charge on any atom is 0.227 e. The van der Waals surface area contributed by atoms with Gasteiger partial charge in [-0.2, -0.15) is 5.26 Å². The van der Waals surface area contributed by atoms with Gasteiger partial charge in [0.15, 0.2) is 5.58 Å². The topological polar surface area (TPSA) is 82.3 Å². The van der Waals surface area contributed by atoms with E-state index in [0.717, 1.165) is 47.1 Å². The Bertz CT molecular complexity index is 1300. The van der Waals surface area contributed by atoms with E-state index < -0.39 is 0 Å². The lowest BCUT2D eigenvalue weighted by atomic mass is 9.96. The van der Waals surface area contributed by atoms with E-state index in [1.807, 2.05) is 42.5 Å². The van der Waals surface area contributed by atoms with Crippen molar-refractivity contribution in [2.24, 2.45) is 0 Å². The fourth-order valence-electron chi connectivity index (χ4n) is 4.47. The summed E-state index contributed by atoms with van der Waals surface area (Å²) in [5.74, 6) is 0. The van der Waals surface area contributed by atoms with Crippen LogP contribution < -0.4 is 10.6 Å². The predicted octanol–water partition coefficient (Wildman–Crippen LogP) is 4.24. The monoisotopic (exact) mass is 397 g/mol. The van der Waals surface area contributed by atoms with Crippen LogP contribution in [0.1, 0.15) is 12.0 Å². The molecule has 1 aliphatic heterocycles. The Hall–Kier alpha value is -3.56. The first-order valence-corrected chi connectivity index (χ1v) is 10.1. The second-order valence-corrected chi connectivity index (χ2v) is 8.07. The average molecular weight is 397 g/mol. The molecule has 6 nitrogen and oxygen atoms in total. The third-order valence-corrected chi connectivity index (χ3v) is 6.02. The van der Waals surface area contributed by atoms with Crippen molar-refractivity contribution in [1.82, 2.24) is 9.88 Å². The smallest absolute Gasteiger partial charge is 0.227 e. The normalized spacial score (nSPS) is 16.6. The van der Waals surface area contributed by atoms with Gasteiger partial charge in [-0.15, -0.1) is 0 Å². The van der Waals surface area contributed by atoms with Gasteiger partial charge in [0.05, 0.1) is 22.0 Å². The maximum absolute atomic E-state index is 9.88. The predicted molar refractivity (Wildman–Crippen MR) is 120 cm³/mol. The molecule has 2 aromatic heterocycles. The molecular formula is C24H23N5O. The first-order valence-electron chi connectivity index (χ1n) is 10.1. The molecule has 1 saturated heterocycles. The minimum atomic E-state index is 0.473. The van der Waals surface area contributed by atoms with Crippen molar-refractivity contribution >= 4 is 33.4 Å². The van der Waals surface area contributed by atoms with Gasteiger partial charge in [-0.1, -0.05) is 12.1 Å². The minimum absolute atomic E-state index is 0.473. The van der Waals surface area contributed by atoms with Gasteiger partial charge < -0.3 is 20.0 Å². The van der Waals surface area contributed by atoms with Crippen molar-refractivity contribution in [2.45, 2.75) is 12.5 Å². The molecule has 4 aromatic rings. The molecule has 2 aromatic carbocycles. The van der Waals surface area contributed by atoms with Crippen LogP contribution in [0.5, 0.6) is 0 Å². The van der Waals surface area contributed by atoms with Gasteiger partial charge in [0.25, 0.3) is 0 Å². The Morgan fingerprint density at radius 3 is 2.83 bits per heavy atom. The summed E-state index contributed by atoms with van der Waals surface area (Å²) in [4.78, 5) is 9.08. The summed E-state index contributed by atoms with van der Waals surface area (Å²) >= 11 is 0. The summed E-state index contributed by atoms with van der Waals surface area (Å²) in [5, 5.41) is 11.8. The molecule has 150 valence electrons. The number of nitrogens with two attached hydrogens (primary N) is 1. The van der Waals surface area contributed by atoms with Crippen molar-refractivity contribution in [3.8, 4) is 17.2 Å². The first kappa shape index (κ1) is 18.5. The van der Waals surface area contributed by atoms with Crippen LogP contribution in [0.15, 0.2) is 53.1 Å². The molecular weight excluding hydrogens is 374 g/mol. The van der Waals surface area contributed by atoms with E-state index in [0.29, 0.717) is 28.6 Å². The number of aromatic nitrogens is 1. The van der Waals surface area contributed by atoms with Crippen LogP contribution in [0.3, 0.4) is 0 Å². The van der Waals surface area contributed by atoms with Crippen molar-refractivity contribution in [1.29, 1.82) is 5.26 Å². The van der Waals surface area contributed by atoms with Gasteiger partial charge in [0.1, 0.15) is 6.07 Å². The van der Waals surface area contributed by atoms with Gasteiger partial charge in [-0.25, -0.2) is 4.98 Å². The molecule has 1 fully saturated rings. The Balaban J connectivity index is 1.86. The summed E-state index contributed by atoms with van der Waals surface area (Å²) in [6, 6.07) is 16.5. The molecule has 3 heterocycles. The minimum Gasteiger partial charge on any atom is -0.436 e. The van der Waals surface area contributed by atoms with Crippen molar-refractivity contribution < 1.29 is 4.42 Å². The average Bonchev–Trinajstić information content (AvgIpc) is 3.38. The zero-order chi connectivity index (χ0) is 20.8. The number of fused-ring (bicyclic) bond motifs is 3. The molecule has 6 heteroatoms. The van der Waals surface area contributed by atoms with E-state index in [4.69, 9.17) is 10.2 Å². The lowest BCUT2D eigenvalue weighted by molar-refractivity contribution is 0.315. The Labute approximate surface area is 175 Å². The molecule has 5 rings (SSSR count). The molecule has 0 bridgehead atoms. The highest BCUT2D eigenvalue weighted by Crippen LogP contribution is 2.45. The Morgan fingerprint density at radius 2 is 2.10 bits per heavy atom. The van der Waals surface area contributed by atoms with Gasteiger partial charge in [0.2, 0.25) is 5.71 Å². The Morgan fingerprint density at radius 1 is 1.23 bits per heavy atom. The molecule has 1 atom stereocenters. The standard InChI is InChI=1S/C24H23N5O/c1-28(2)18-8-10-29(14-18)22-20(15-5-3-6-17(26)11-15)12-16(13-25)23-21(22)19-7-4-9-27-24(19)30-23/h3-7,9,11-12,18H,8,10,14,26H2,1-2H3/t18-/m0/s1. The van der Waals surface area contributed by atoms with Crippen LogP contribution in [-0.2, 0) is 0 Å².